The smallest absolute Gasteiger partial charge is 0.335 e. The van der Waals surface area contributed by atoms with Crippen LogP contribution in [0.5, 0.6) is 0 Å². The number of carbonyl (C=O) groups is 2. The number of nitrogens with zero attached hydrogens (tertiary/aromatic N) is 2. The Morgan fingerprint density at radius 2 is 1.62 bits per heavy atom. The molecule has 1 aliphatic heterocycles. The molecular weight excluding hydrogens is 456 g/mol. The Bertz CT molecular complexity index is 1150. The summed E-state index contributed by atoms with van der Waals surface area (Å²) < 4.78 is 28.5. The summed E-state index contributed by atoms with van der Waals surface area (Å²) in [5, 5.41) is 12.4. The van der Waals surface area contributed by atoms with Crippen LogP contribution in [0.25, 0.3) is 0 Å². The first-order valence-corrected chi connectivity index (χ1v) is 12.6. The number of carboxylic acids is 1. The van der Waals surface area contributed by atoms with Gasteiger partial charge in [-0.15, -0.1) is 0 Å². The van der Waals surface area contributed by atoms with Crippen molar-refractivity contribution in [3.63, 3.8) is 0 Å². The number of amides is 1. The lowest BCUT2D eigenvalue weighted by Crippen LogP contribution is -2.51. The summed E-state index contributed by atoms with van der Waals surface area (Å²) in [6.45, 7) is 10.3. The molecule has 1 saturated heterocycles. The third kappa shape index (κ3) is 6.71. The van der Waals surface area contributed by atoms with Gasteiger partial charge in [0, 0.05) is 31.7 Å². The molecule has 0 unspecified atom stereocenters. The summed E-state index contributed by atoms with van der Waals surface area (Å²) in [6, 6.07) is 10.9. The highest BCUT2D eigenvalue weighted by Gasteiger charge is 2.25. The van der Waals surface area contributed by atoms with E-state index in [2.05, 4.69) is 10.0 Å². The second kappa shape index (κ2) is 10.0. The largest absolute Gasteiger partial charge is 0.478 e. The normalized spacial score (nSPS) is 15.1. The maximum atomic E-state index is 13.0. The molecule has 10 heteroatoms. The number of nitrogens with one attached hydrogen (secondary N) is 2. The van der Waals surface area contributed by atoms with Crippen molar-refractivity contribution in [3.05, 3.63) is 53.6 Å². The average Bonchev–Trinajstić information content (AvgIpc) is 2.73. The summed E-state index contributed by atoms with van der Waals surface area (Å²) in [7, 11) is -3.91. The van der Waals surface area contributed by atoms with E-state index >= 15 is 0 Å². The van der Waals surface area contributed by atoms with Gasteiger partial charge in [0.25, 0.3) is 10.0 Å². The monoisotopic (exact) mass is 488 g/mol. The fourth-order valence-corrected chi connectivity index (χ4v) is 4.82. The van der Waals surface area contributed by atoms with E-state index in [1.165, 1.54) is 24.3 Å². The first-order valence-electron chi connectivity index (χ1n) is 11.1. The van der Waals surface area contributed by atoms with Crippen LogP contribution in [0.3, 0.4) is 0 Å². The second-order valence-corrected chi connectivity index (χ2v) is 11.2. The molecule has 9 nitrogen and oxygen atoms in total. The van der Waals surface area contributed by atoms with Crippen LogP contribution in [-0.4, -0.2) is 68.6 Å². The predicted octanol–water partition coefficient (Wildman–Crippen LogP) is 2.53. The molecule has 1 amide bonds. The van der Waals surface area contributed by atoms with Crippen LogP contribution in [0.2, 0.25) is 0 Å². The zero-order valence-electron chi connectivity index (χ0n) is 20.0. The lowest BCUT2D eigenvalue weighted by molar-refractivity contribution is -0.123. The van der Waals surface area contributed by atoms with Gasteiger partial charge in [-0.1, -0.05) is 17.7 Å². The van der Waals surface area contributed by atoms with Crippen molar-refractivity contribution in [3.8, 4) is 0 Å². The third-order valence-corrected chi connectivity index (χ3v) is 6.80. The number of piperazine rings is 1. The molecule has 2 aromatic rings. The second-order valence-electron chi connectivity index (χ2n) is 9.52. The quantitative estimate of drug-likeness (QED) is 0.548. The Labute approximate surface area is 200 Å². The molecule has 0 aromatic heterocycles. The molecule has 1 aliphatic rings. The summed E-state index contributed by atoms with van der Waals surface area (Å²) in [5.41, 5.74) is 1.43. The van der Waals surface area contributed by atoms with Crippen LogP contribution in [0.1, 0.15) is 36.7 Å². The molecule has 0 bridgehead atoms. The first-order chi connectivity index (χ1) is 15.8. The van der Waals surface area contributed by atoms with Gasteiger partial charge in [-0.2, -0.15) is 0 Å². The van der Waals surface area contributed by atoms with Gasteiger partial charge in [0.15, 0.2) is 0 Å². The predicted molar refractivity (Wildman–Crippen MR) is 132 cm³/mol. The van der Waals surface area contributed by atoms with Crippen molar-refractivity contribution in [2.45, 2.75) is 38.1 Å². The highest BCUT2D eigenvalue weighted by atomic mass is 32.2. The van der Waals surface area contributed by atoms with Gasteiger partial charge < -0.3 is 15.3 Å². The molecule has 0 atom stereocenters. The number of rotatable bonds is 7. The molecule has 3 N–H and O–H groups in total. The van der Waals surface area contributed by atoms with E-state index in [9.17, 15) is 23.1 Å². The molecule has 1 fully saturated rings. The Kier molecular flexibility index (Phi) is 7.52. The average molecular weight is 489 g/mol. The number of carbonyl (C=O) groups excluding carboxylic acids is 1. The fraction of sp³-hybridized carbons (Fsp3) is 0.417. The molecule has 0 radical (unpaired) electrons. The molecule has 0 saturated carbocycles. The van der Waals surface area contributed by atoms with Gasteiger partial charge in [-0.25, -0.2) is 13.2 Å². The summed E-state index contributed by atoms with van der Waals surface area (Å²) in [4.78, 5) is 27.9. The van der Waals surface area contributed by atoms with E-state index in [-0.39, 0.29) is 34.1 Å². The zero-order chi connectivity index (χ0) is 25.1. The maximum Gasteiger partial charge on any atom is 0.335 e. The molecule has 1 heterocycles. The van der Waals surface area contributed by atoms with E-state index in [0.717, 1.165) is 5.56 Å². The Morgan fingerprint density at radius 3 is 2.18 bits per heavy atom. The number of aryl methyl sites for hydroxylation is 1. The number of aromatic carboxylic acids is 1. The highest BCUT2D eigenvalue weighted by molar-refractivity contribution is 7.92. The number of hydrogen-bond acceptors (Lipinski definition) is 6. The van der Waals surface area contributed by atoms with E-state index < -0.39 is 16.0 Å². The molecule has 184 valence electrons. The molecule has 3 rings (SSSR count). The van der Waals surface area contributed by atoms with E-state index in [1.54, 1.807) is 18.2 Å². The summed E-state index contributed by atoms with van der Waals surface area (Å²) in [5.74, 6) is -1.18. The van der Waals surface area contributed by atoms with Gasteiger partial charge in [-0.05, 0) is 58.0 Å². The summed E-state index contributed by atoms with van der Waals surface area (Å²) in [6.07, 6.45) is 0. The minimum Gasteiger partial charge on any atom is -0.478 e. The van der Waals surface area contributed by atoms with Gasteiger partial charge in [0.1, 0.15) is 0 Å². The lowest BCUT2D eigenvalue weighted by Gasteiger charge is -2.37. The van der Waals surface area contributed by atoms with E-state index in [4.69, 9.17) is 0 Å². The van der Waals surface area contributed by atoms with Gasteiger partial charge in [0.2, 0.25) is 5.91 Å². The Hall–Kier alpha value is -3.11. The Morgan fingerprint density at radius 1 is 1.00 bits per heavy atom. The molecular formula is C24H32N4O5S. The number of hydrogen-bond donors (Lipinski definition) is 3. The SMILES string of the molecule is Cc1ccc(S(=O)(=O)Nc2cc(C(=O)O)ccc2N2CCN(CC(=O)NC(C)(C)C)CC2)cc1. The number of anilines is 2. The van der Waals surface area contributed by atoms with Gasteiger partial charge >= 0.3 is 5.97 Å². The van der Waals surface area contributed by atoms with Crippen molar-refractivity contribution < 1.29 is 23.1 Å². The first kappa shape index (κ1) is 25.5. The van der Waals surface area contributed by atoms with Crippen molar-refractivity contribution in [2.75, 3.05) is 42.3 Å². The minimum atomic E-state index is -3.91. The van der Waals surface area contributed by atoms with Gasteiger partial charge in [0.05, 0.1) is 28.4 Å². The molecule has 0 aliphatic carbocycles. The maximum absolute atomic E-state index is 13.0. The van der Waals surface area contributed by atoms with Gasteiger partial charge in [-0.3, -0.25) is 14.4 Å². The van der Waals surface area contributed by atoms with Crippen LogP contribution in [0.4, 0.5) is 11.4 Å². The number of carboxylic acid groups (broad SMARTS) is 1. The van der Waals surface area contributed by atoms with Crippen LogP contribution in [0.15, 0.2) is 47.4 Å². The van der Waals surface area contributed by atoms with Crippen LogP contribution in [-0.2, 0) is 14.8 Å². The third-order valence-electron chi connectivity index (χ3n) is 5.41. The molecule has 34 heavy (non-hydrogen) atoms. The van der Waals surface area contributed by atoms with E-state index in [1.807, 2.05) is 37.5 Å². The van der Waals surface area contributed by atoms with Crippen molar-refractivity contribution in [2.24, 2.45) is 0 Å². The van der Waals surface area contributed by atoms with Crippen LogP contribution in [0, 0.1) is 6.92 Å². The van der Waals surface area contributed by atoms with Crippen molar-refractivity contribution in [1.29, 1.82) is 0 Å². The van der Waals surface area contributed by atoms with Crippen LogP contribution >= 0.6 is 0 Å². The summed E-state index contributed by atoms with van der Waals surface area (Å²) >= 11 is 0. The topological polar surface area (TPSA) is 119 Å². The fourth-order valence-electron chi connectivity index (χ4n) is 3.76. The van der Waals surface area contributed by atoms with Crippen molar-refractivity contribution >= 4 is 33.3 Å². The standard InChI is InChI=1S/C24H32N4O5S/c1-17-5-8-19(9-6-17)34(32,33)26-20-15-18(23(30)31)7-10-21(20)28-13-11-27(12-14-28)16-22(29)25-24(2,3)4/h5-10,15,26H,11-14,16H2,1-4H3,(H,25,29)(H,30,31). The zero-order valence-corrected chi connectivity index (χ0v) is 20.8. The molecule has 2 aromatic carbocycles. The Balaban J connectivity index is 1.78. The highest BCUT2D eigenvalue weighted by Crippen LogP contribution is 2.30. The van der Waals surface area contributed by atoms with Crippen molar-refractivity contribution in [1.82, 2.24) is 10.2 Å². The number of benzene rings is 2. The number of sulfonamides is 1. The molecule has 0 spiro atoms. The van der Waals surface area contributed by atoms with Crippen LogP contribution < -0.4 is 14.9 Å². The van der Waals surface area contributed by atoms with E-state index in [0.29, 0.717) is 31.9 Å². The minimum absolute atomic E-state index is 0.0113. The lowest BCUT2D eigenvalue weighted by atomic mass is 10.1.